The number of carbonyl (C=O) groups is 1. The van der Waals surface area contributed by atoms with Gasteiger partial charge in [0.2, 0.25) is 0 Å². The second-order valence-electron chi connectivity index (χ2n) is 7.92. The molecular weight excluding hydrogens is 296 g/mol. The van der Waals surface area contributed by atoms with Crippen LogP contribution in [0.2, 0.25) is 0 Å². The minimum atomic E-state index is -0.905. The van der Waals surface area contributed by atoms with E-state index < -0.39 is 11.5 Å². The molecule has 0 spiro atoms. The number of piperidine rings is 1. The van der Waals surface area contributed by atoms with Gasteiger partial charge in [0.25, 0.3) is 5.56 Å². The Kier molecular flexibility index (Phi) is 3.55. The summed E-state index contributed by atoms with van der Waals surface area (Å²) in [5.41, 5.74) is 0.729. The van der Waals surface area contributed by atoms with Crippen molar-refractivity contribution < 1.29 is 15.0 Å². The molecule has 2 bridgehead atoms. The largest absolute Gasteiger partial charge is 0.465 e. The molecule has 1 fully saturated rings. The van der Waals surface area contributed by atoms with Crippen LogP contribution in [0.15, 0.2) is 16.9 Å². The van der Waals surface area contributed by atoms with Gasteiger partial charge in [0.05, 0.1) is 6.61 Å². The van der Waals surface area contributed by atoms with Crippen molar-refractivity contribution in [3.63, 3.8) is 0 Å². The second-order valence-corrected chi connectivity index (χ2v) is 7.92. The third kappa shape index (κ3) is 2.36. The molecule has 2 N–H and O–H groups in total. The quantitative estimate of drug-likeness (QED) is 0.824. The molecule has 2 aliphatic rings. The molecule has 0 saturated carbocycles. The number of hydrogen-bond acceptors (Lipinski definition) is 3. The zero-order valence-corrected chi connectivity index (χ0v) is 13.9. The summed E-state index contributed by atoms with van der Waals surface area (Å²) in [6.45, 7) is 7.51. The number of likely N-dealkylation sites (tertiary alicyclic amines) is 1. The molecule has 0 radical (unpaired) electrons. The lowest BCUT2D eigenvalue weighted by atomic mass is 9.57. The van der Waals surface area contributed by atoms with Crippen molar-refractivity contribution in [3.05, 3.63) is 33.7 Å². The van der Waals surface area contributed by atoms with Crippen LogP contribution < -0.4 is 5.56 Å². The van der Waals surface area contributed by atoms with Crippen molar-refractivity contribution in [2.24, 2.45) is 11.3 Å². The SMILES string of the molecule is CC(C)(C)[C@]12C[C@@H](CN(C(=O)O)C1)Cn1c2cc(CO)cc1=O. The summed E-state index contributed by atoms with van der Waals surface area (Å²) in [5, 5.41) is 19.0. The number of amides is 1. The molecule has 3 heterocycles. The van der Waals surface area contributed by atoms with E-state index >= 15 is 0 Å². The molecule has 3 rings (SSSR count). The number of hydrogen-bond donors (Lipinski definition) is 2. The Bertz CT molecular complexity index is 704. The van der Waals surface area contributed by atoms with Crippen LogP contribution in [0.3, 0.4) is 0 Å². The first kappa shape index (κ1) is 16.1. The lowest BCUT2D eigenvalue weighted by Gasteiger charge is -2.56. The fraction of sp³-hybridized carbons (Fsp3) is 0.647. The smallest absolute Gasteiger partial charge is 0.407 e. The zero-order chi connectivity index (χ0) is 17.0. The van der Waals surface area contributed by atoms with Gasteiger partial charge in [0, 0.05) is 36.8 Å². The Morgan fingerprint density at radius 3 is 2.61 bits per heavy atom. The molecule has 1 aromatic heterocycles. The van der Waals surface area contributed by atoms with E-state index in [9.17, 15) is 19.8 Å². The van der Waals surface area contributed by atoms with Crippen LogP contribution in [0.25, 0.3) is 0 Å². The van der Waals surface area contributed by atoms with Gasteiger partial charge < -0.3 is 19.7 Å². The van der Waals surface area contributed by atoms with Gasteiger partial charge in [-0.15, -0.1) is 0 Å². The molecule has 0 aliphatic carbocycles. The van der Waals surface area contributed by atoms with Crippen LogP contribution in [0.1, 0.15) is 38.4 Å². The number of rotatable bonds is 1. The lowest BCUT2D eigenvalue weighted by Crippen LogP contribution is -2.62. The zero-order valence-electron chi connectivity index (χ0n) is 13.9. The van der Waals surface area contributed by atoms with Gasteiger partial charge in [-0.05, 0) is 29.4 Å². The fourth-order valence-corrected chi connectivity index (χ4v) is 4.29. The molecule has 1 aromatic rings. The molecule has 126 valence electrons. The highest BCUT2D eigenvalue weighted by Gasteiger charge is 2.53. The van der Waals surface area contributed by atoms with E-state index in [1.165, 1.54) is 11.0 Å². The van der Waals surface area contributed by atoms with Gasteiger partial charge in [-0.25, -0.2) is 4.79 Å². The predicted molar refractivity (Wildman–Crippen MR) is 85.5 cm³/mol. The summed E-state index contributed by atoms with van der Waals surface area (Å²) in [5.74, 6) is 0.143. The minimum Gasteiger partial charge on any atom is -0.465 e. The molecule has 1 saturated heterocycles. The van der Waals surface area contributed by atoms with Crippen molar-refractivity contribution >= 4 is 6.09 Å². The van der Waals surface area contributed by atoms with Crippen LogP contribution in [0, 0.1) is 11.3 Å². The molecule has 23 heavy (non-hydrogen) atoms. The van der Waals surface area contributed by atoms with Gasteiger partial charge in [0.15, 0.2) is 0 Å². The summed E-state index contributed by atoms with van der Waals surface area (Å²) >= 11 is 0. The number of nitrogens with zero attached hydrogens (tertiary/aromatic N) is 2. The highest BCUT2D eigenvalue weighted by Crippen LogP contribution is 2.51. The van der Waals surface area contributed by atoms with E-state index in [-0.39, 0.29) is 23.5 Å². The van der Waals surface area contributed by atoms with Gasteiger partial charge in [-0.2, -0.15) is 0 Å². The first-order valence-electron chi connectivity index (χ1n) is 8.01. The van der Waals surface area contributed by atoms with E-state index in [2.05, 4.69) is 20.8 Å². The van der Waals surface area contributed by atoms with Crippen molar-refractivity contribution in [2.45, 2.75) is 45.8 Å². The van der Waals surface area contributed by atoms with Crippen LogP contribution in [-0.4, -0.2) is 38.9 Å². The molecule has 6 nitrogen and oxygen atoms in total. The van der Waals surface area contributed by atoms with Crippen LogP contribution >= 0.6 is 0 Å². The number of carboxylic acid groups (broad SMARTS) is 1. The number of aliphatic hydroxyl groups excluding tert-OH is 1. The van der Waals surface area contributed by atoms with Crippen molar-refractivity contribution in [2.75, 3.05) is 13.1 Å². The maximum atomic E-state index is 12.5. The molecule has 2 aliphatic heterocycles. The van der Waals surface area contributed by atoms with E-state index in [4.69, 9.17) is 0 Å². The summed E-state index contributed by atoms with van der Waals surface area (Å²) in [7, 11) is 0. The van der Waals surface area contributed by atoms with Crippen molar-refractivity contribution in [1.29, 1.82) is 0 Å². The summed E-state index contributed by atoms with van der Waals surface area (Å²) in [6.07, 6.45) is -0.0355. The Morgan fingerprint density at radius 1 is 1.35 bits per heavy atom. The number of fused-ring (bicyclic) bond motifs is 4. The van der Waals surface area contributed by atoms with Crippen LogP contribution in [-0.2, 0) is 18.6 Å². The number of aliphatic hydroxyl groups is 1. The number of aromatic nitrogens is 1. The summed E-state index contributed by atoms with van der Waals surface area (Å²) < 4.78 is 1.79. The average Bonchev–Trinajstić information content (AvgIpc) is 2.46. The lowest BCUT2D eigenvalue weighted by molar-refractivity contribution is 0.00490. The van der Waals surface area contributed by atoms with E-state index in [1.807, 2.05) is 6.07 Å². The van der Waals surface area contributed by atoms with Gasteiger partial charge >= 0.3 is 6.09 Å². The maximum absolute atomic E-state index is 12.5. The first-order valence-corrected chi connectivity index (χ1v) is 8.01. The van der Waals surface area contributed by atoms with E-state index in [0.29, 0.717) is 25.2 Å². The first-order chi connectivity index (χ1) is 10.7. The van der Waals surface area contributed by atoms with Gasteiger partial charge in [-0.1, -0.05) is 20.8 Å². The molecule has 1 amide bonds. The molecule has 0 aromatic carbocycles. The number of pyridine rings is 1. The van der Waals surface area contributed by atoms with Crippen molar-refractivity contribution in [1.82, 2.24) is 9.47 Å². The summed E-state index contributed by atoms with van der Waals surface area (Å²) in [4.78, 5) is 25.5. The van der Waals surface area contributed by atoms with Crippen molar-refractivity contribution in [3.8, 4) is 0 Å². The maximum Gasteiger partial charge on any atom is 0.407 e. The Hall–Kier alpha value is -1.82. The van der Waals surface area contributed by atoms with E-state index in [0.717, 1.165) is 12.1 Å². The third-order valence-corrected chi connectivity index (χ3v) is 5.58. The Morgan fingerprint density at radius 2 is 2.04 bits per heavy atom. The van der Waals surface area contributed by atoms with Crippen LogP contribution in [0.4, 0.5) is 4.79 Å². The third-order valence-electron chi connectivity index (χ3n) is 5.58. The molecule has 2 atom stereocenters. The monoisotopic (exact) mass is 320 g/mol. The van der Waals surface area contributed by atoms with Gasteiger partial charge in [-0.3, -0.25) is 4.79 Å². The molecule has 6 heteroatoms. The normalized spacial score (nSPS) is 26.8. The highest BCUT2D eigenvalue weighted by molar-refractivity contribution is 5.65. The average molecular weight is 320 g/mol. The fourth-order valence-electron chi connectivity index (χ4n) is 4.29. The topological polar surface area (TPSA) is 82.8 Å². The van der Waals surface area contributed by atoms with Crippen LogP contribution in [0.5, 0.6) is 0 Å². The molecular formula is C17H24N2O4. The Balaban J connectivity index is 2.25. The second kappa shape index (κ2) is 5.09. The Labute approximate surface area is 135 Å². The predicted octanol–water partition coefficient (Wildman–Crippen LogP) is 1.64. The highest BCUT2D eigenvalue weighted by atomic mass is 16.4. The standard InChI is InChI=1S/C17H24N2O4/c1-16(2,3)17-6-12(7-18(10-17)15(22)23)8-19-13(17)4-11(9-20)5-14(19)21/h4-5,12,20H,6-10H2,1-3H3,(H,22,23)/t12-,17+/m0/s1. The van der Waals surface area contributed by atoms with E-state index in [1.54, 1.807) is 4.57 Å². The molecule has 0 unspecified atom stereocenters. The van der Waals surface area contributed by atoms with Gasteiger partial charge in [0.1, 0.15) is 0 Å². The minimum absolute atomic E-state index is 0.103. The summed E-state index contributed by atoms with van der Waals surface area (Å²) in [6, 6.07) is 3.37.